The van der Waals surface area contributed by atoms with Crippen LogP contribution < -0.4 is 5.69 Å². The monoisotopic (exact) mass is 300 g/mol. The van der Waals surface area contributed by atoms with Crippen LogP contribution in [0.4, 0.5) is 0 Å². The molecular formula is C16H16N2O2S. The third-order valence-corrected chi connectivity index (χ3v) is 4.60. The Kier molecular flexibility index (Phi) is 3.66. The van der Waals surface area contributed by atoms with E-state index < -0.39 is 0 Å². The van der Waals surface area contributed by atoms with Gasteiger partial charge in [0, 0.05) is 11.3 Å². The molecular weight excluding hydrogens is 284 g/mol. The number of imidazole rings is 1. The number of aromatic nitrogens is 2. The summed E-state index contributed by atoms with van der Waals surface area (Å²) in [5, 5.41) is 12.4. The molecule has 0 aliphatic rings. The van der Waals surface area contributed by atoms with Crippen LogP contribution in [-0.2, 0) is 6.42 Å². The molecule has 21 heavy (non-hydrogen) atoms. The van der Waals surface area contributed by atoms with Gasteiger partial charge in [0.25, 0.3) is 0 Å². The van der Waals surface area contributed by atoms with E-state index in [2.05, 4.69) is 18.0 Å². The Bertz CT molecular complexity index is 772. The van der Waals surface area contributed by atoms with Gasteiger partial charge in [-0.05, 0) is 29.5 Å². The minimum absolute atomic E-state index is 0.00499. The summed E-state index contributed by atoms with van der Waals surface area (Å²) in [5.74, 6) is 0.243. The average molecular weight is 300 g/mol. The summed E-state index contributed by atoms with van der Waals surface area (Å²) in [6.45, 7) is 2.09. The Morgan fingerprint density at radius 1 is 1.24 bits per heavy atom. The van der Waals surface area contributed by atoms with Crippen LogP contribution in [0.3, 0.4) is 0 Å². The Labute approximate surface area is 126 Å². The fraction of sp³-hybridized carbons (Fsp3) is 0.188. The van der Waals surface area contributed by atoms with Gasteiger partial charge < -0.3 is 10.1 Å². The average Bonchev–Trinajstić information content (AvgIpc) is 3.09. The van der Waals surface area contributed by atoms with Crippen molar-refractivity contribution >= 4 is 11.3 Å². The molecule has 0 aliphatic heterocycles. The zero-order valence-electron chi connectivity index (χ0n) is 11.6. The third-order valence-electron chi connectivity index (χ3n) is 3.50. The van der Waals surface area contributed by atoms with Crippen molar-refractivity contribution in [1.82, 2.24) is 9.55 Å². The number of aromatic amines is 1. The molecule has 1 atom stereocenters. The van der Waals surface area contributed by atoms with Gasteiger partial charge in [-0.1, -0.05) is 31.2 Å². The fourth-order valence-electron chi connectivity index (χ4n) is 2.41. The number of nitrogens with one attached hydrogen (secondary N) is 1. The summed E-state index contributed by atoms with van der Waals surface area (Å²) in [4.78, 5) is 16.1. The number of benzene rings is 1. The molecule has 2 heterocycles. The third kappa shape index (κ3) is 2.64. The first kappa shape index (κ1) is 13.7. The van der Waals surface area contributed by atoms with Gasteiger partial charge in [-0.25, -0.2) is 9.36 Å². The molecule has 0 spiro atoms. The number of aromatic hydroxyl groups is 1. The molecule has 0 aliphatic carbocycles. The molecule has 1 aromatic carbocycles. The van der Waals surface area contributed by atoms with Crippen molar-refractivity contribution in [1.29, 1.82) is 0 Å². The van der Waals surface area contributed by atoms with E-state index in [0.29, 0.717) is 17.8 Å². The van der Waals surface area contributed by atoms with Crippen molar-refractivity contribution in [2.24, 2.45) is 0 Å². The second kappa shape index (κ2) is 5.61. The zero-order chi connectivity index (χ0) is 14.8. The highest BCUT2D eigenvalue weighted by molar-refractivity contribution is 7.10. The van der Waals surface area contributed by atoms with Gasteiger partial charge in [0.15, 0.2) is 0 Å². The lowest BCUT2D eigenvalue weighted by molar-refractivity contribution is 0.432. The summed E-state index contributed by atoms with van der Waals surface area (Å²) < 4.78 is 1.30. The van der Waals surface area contributed by atoms with E-state index >= 15 is 0 Å². The number of rotatable bonds is 4. The predicted octanol–water partition coefficient (Wildman–Crippen LogP) is 3.28. The van der Waals surface area contributed by atoms with E-state index in [1.165, 1.54) is 9.44 Å². The van der Waals surface area contributed by atoms with E-state index in [9.17, 15) is 9.90 Å². The maximum absolute atomic E-state index is 12.1. The van der Waals surface area contributed by atoms with Crippen LogP contribution in [0.25, 0.3) is 5.69 Å². The topological polar surface area (TPSA) is 58.0 Å². The fourth-order valence-corrected chi connectivity index (χ4v) is 3.20. The Morgan fingerprint density at radius 2 is 2.00 bits per heavy atom. The first-order valence-electron chi connectivity index (χ1n) is 6.78. The lowest BCUT2D eigenvalue weighted by Gasteiger charge is -2.08. The van der Waals surface area contributed by atoms with Gasteiger partial charge in [-0.3, -0.25) is 0 Å². The molecule has 0 radical (unpaired) electrons. The van der Waals surface area contributed by atoms with Crippen molar-refractivity contribution < 1.29 is 5.11 Å². The van der Waals surface area contributed by atoms with Crippen LogP contribution in [0, 0.1) is 0 Å². The maximum Gasteiger partial charge on any atom is 0.333 e. The number of thiophene rings is 1. The van der Waals surface area contributed by atoms with Crippen molar-refractivity contribution in [2.45, 2.75) is 19.3 Å². The highest BCUT2D eigenvalue weighted by atomic mass is 32.1. The molecule has 2 N–H and O–H groups in total. The van der Waals surface area contributed by atoms with Crippen LogP contribution in [0.15, 0.2) is 52.6 Å². The van der Waals surface area contributed by atoms with E-state index in [4.69, 9.17) is 0 Å². The van der Waals surface area contributed by atoms with Gasteiger partial charge in [-0.15, -0.1) is 11.3 Å². The van der Waals surface area contributed by atoms with Crippen molar-refractivity contribution in [3.63, 3.8) is 0 Å². The number of hydrogen-bond acceptors (Lipinski definition) is 3. The van der Waals surface area contributed by atoms with Gasteiger partial charge in [0.05, 0.1) is 11.4 Å². The molecule has 0 fully saturated rings. The molecule has 0 bridgehead atoms. The molecule has 0 amide bonds. The molecule has 3 rings (SSSR count). The Hall–Kier alpha value is -2.27. The van der Waals surface area contributed by atoms with E-state index in [-0.39, 0.29) is 17.5 Å². The van der Waals surface area contributed by atoms with Crippen molar-refractivity contribution in [3.8, 4) is 11.6 Å². The summed E-state index contributed by atoms with van der Waals surface area (Å²) in [6, 6.07) is 13.2. The standard InChI is InChI=1S/C16H16N2O2S/c1-11(14-8-5-9-21-14)10-13-15(19)18(16(20)17-13)12-6-3-2-4-7-12/h2-9,11,19H,10H2,1H3,(H,17,20). The van der Waals surface area contributed by atoms with Crippen LogP contribution in [0.5, 0.6) is 5.88 Å². The molecule has 2 aromatic heterocycles. The van der Waals surface area contributed by atoms with Gasteiger partial charge in [0.1, 0.15) is 0 Å². The first-order valence-corrected chi connectivity index (χ1v) is 7.66. The van der Waals surface area contributed by atoms with Gasteiger partial charge in [-0.2, -0.15) is 0 Å². The van der Waals surface area contributed by atoms with Gasteiger partial charge in [0.2, 0.25) is 5.88 Å². The highest BCUT2D eigenvalue weighted by Crippen LogP contribution is 2.27. The summed E-state index contributed by atoms with van der Waals surface area (Å²) >= 11 is 1.68. The summed E-state index contributed by atoms with van der Waals surface area (Å²) in [7, 11) is 0. The van der Waals surface area contributed by atoms with Crippen molar-refractivity contribution in [2.75, 3.05) is 0 Å². The molecule has 0 saturated heterocycles. The van der Waals surface area contributed by atoms with Crippen molar-refractivity contribution in [3.05, 3.63) is 68.9 Å². The second-order valence-electron chi connectivity index (χ2n) is 5.02. The lowest BCUT2D eigenvalue weighted by atomic mass is 10.0. The normalized spacial score (nSPS) is 12.4. The summed E-state index contributed by atoms with van der Waals surface area (Å²) in [5.41, 5.74) is 0.920. The minimum atomic E-state index is -0.313. The van der Waals surface area contributed by atoms with E-state index in [0.717, 1.165) is 0 Å². The quantitative estimate of drug-likeness (QED) is 0.777. The van der Waals surface area contributed by atoms with Crippen LogP contribution in [0.1, 0.15) is 23.4 Å². The van der Waals surface area contributed by atoms with Gasteiger partial charge >= 0.3 is 5.69 Å². The van der Waals surface area contributed by atoms with Crippen LogP contribution in [-0.4, -0.2) is 14.7 Å². The highest BCUT2D eigenvalue weighted by Gasteiger charge is 2.17. The van der Waals surface area contributed by atoms with E-state index in [1.807, 2.05) is 29.6 Å². The molecule has 1 unspecified atom stereocenters. The smallest absolute Gasteiger partial charge is 0.333 e. The maximum atomic E-state index is 12.1. The predicted molar refractivity (Wildman–Crippen MR) is 84.5 cm³/mol. The zero-order valence-corrected chi connectivity index (χ0v) is 12.4. The molecule has 0 saturated carbocycles. The summed E-state index contributed by atoms with van der Waals surface area (Å²) in [6.07, 6.45) is 0.599. The Morgan fingerprint density at radius 3 is 2.67 bits per heavy atom. The molecule has 5 heteroatoms. The number of hydrogen-bond donors (Lipinski definition) is 2. The number of nitrogens with zero attached hydrogens (tertiary/aromatic N) is 1. The second-order valence-corrected chi connectivity index (χ2v) is 6.00. The van der Waals surface area contributed by atoms with Crippen LogP contribution in [0.2, 0.25) is 0 Å². The number of para-hydroxylation sites is 1. The first-order chi connectivity index (χ1) is 10.2. The minimum Gasteiger partial charge on any atom is -0.493 e. The Balaban J connectivity index is 1.94. The SMILES string of the molecule is CC(Cc1[nH]c(=O)n(-c2ccccc2)c1O)c1cccs1. The molecule has 4 nitrogen and oxygen atoms in total. The lowest BCUT2D eigenvalue weighted by Crippen LogP contribution is -2.14. The molecule has 3 aromatic rings. The van der Waals surface area contributed by atoms with E-state index in [1.54, 1.807) is 23.5 Å². The number of H-pyrrole nitrogens is 1. The molecule has 108 valence electrons. The van der Waals surface area contributed by atoms with Crippen LogP contribution >= 0.6 is 11.3 Å². The largest absolute Gasteiger partial charge is 0.493 e.